The van der Waals surface area contributed by atoms with Gasteiger partial charge in [-0.25, -0.2) is 19.2 Å². The van der Waals surface area contributed by atoms with Gasteiger partial charge in [0.15, 0.2) is 16.7 Å². The lowest BCUT2D eigenvalue weighted by molar-refractivity contribution is 0.0504. The average molecular weight is 468 g/mol. The van der Waals surface area contributed by atoms with Gasteiger partial charge in [-0.3, -0.25) is 4.79 Å². The van der Waals surface area contributed by atoms with Crippen LogP contribution in [-0.2, 0) is 11.2 Å². The van der Waals surface area contributed by atoms with Crippen LogP contribution in [0.15, 0.2) is 18.2 Å². The summed E-state index contributed by atoms with van der Waals surface area (Å²) < 4.78 is 25.0. The van der Waals surface area contributed by atoms with E-state index in [1.54, 1.807) is 27.7 Å². The molecular weight excluding hydrogens is 441 g/mol. The van der Waals surface area contributed by atoms with E-state index in [0.717, 1.165) is 0 Å². The summed E-state index contributed by atoms with van der Waals surface area (Å²) in [5.74, 6) is -1.21. The largest absolute Gasteiger partial charge is 0.489 e. The van der Waals surface area contributed by atoms with Gasteiger partial charge >= 0.3 is 6.09 Å². The van der Waals surface area contributed by atoms with Gasteiger partial charge in [-0.05, 0) is 40.2 Å². The Morgan fingerprint density at radius 2 is 1.94 bits per heavy atom. The number of aryl methyl sites for hydroxylation is 1. The molecule has 4 N–H and O–H groups in total. The molecular formula is C21H27ClFN5O4. The predicted octanol–water partition coefficient (Wildman–Crippen LogP) is 3.97. The first-order valence-electron chi connectivity index (χ1n) is 9.95. The number of aromatic nitrogens is 2. The van der Waals surface area contributed by atoms with Crippen LogP contribution in [0.4, 0.5) is 20.7 Å². The van der Waals surface area contributed by atoms with E-state index in [1.807, 2.05) is 6.92 Å². The van der Waals surface area contributed by atoms with Gasteiger partial charge < -0.3 is 25.8 Å². The van der Waals surface area contributed by atoms with Gasteiger partial charge in [-0.15, -0.1) is 0 Å². The molecule has 0 radical (unpaired) electrons. The highest BCUT2D eigenvalue weighted by Crippen LogP contribution is 2.26. The van der Waals surface area contributed by atoms with Gasteiger partial charge in [0.1, 0.15) is 23.3 Å². The monoisotopic (exact) mass is 467 g/mol. The molecule has 0 aliphatic carbocycles. The zero-order valence-electron chi connectivity index (χ0n) is 18.6. The number of carbonyl (C=O) groups excluding carboxylic acids is 2. The summed E-state index contributed by atoms with van der Waals surface area (Å²) in [6.07, 6.45) is -0.615. The average Bonchev–Trinajstić information content (AvgIpc) is 2.64. The number of nitrogens with zero attached hydrogens (tertiary/aromatic N) is 2. The van der Waals surface area contributed by atoms with E-state index >= 15 is 0 Å². The first-order chi connectivity index (χ1) is 14.9. The second-order valence-electron chi connectivity index (χ2n) is 7.99. The minimum Gasteiger partial charge on any atom is -0.489 e. The molecule has 32 heavy (non-hydrogen) atoms. The number of alkyl carbamates (subject to hydrolysis) is 1. The Balaban J connectivity index is 2.14. The van der Waals surface area contributed by atoms with Crippen molar-refractivity contribution in [2.75, 3.05) is 11.9 Å². The Kier molecular flexibility index (Phi) is 8.20. The maximum atomic E-state index is 14.2. The van der Waals surface area contributed by atoms with Gasteiger partial charge in [-0.1, -0.05) is 18.5 Å². The zero-order valence-corrected chi connectivity index (χ0v) is 19.3. The van der Waals surface area contributed by atoms with Gasteiger partial charge in [0.2, 0.25) is 0 Å². The fraction of sp³-hybridized carbons (Fsp3) is 0.429. The van der Waals surface area contributed by atoms with Crippen molar-refractivity contribution < 1.29 is 23.5 Å². The number of carbonyl (C=O) groups is 2. The van der Waals surface area contributed by atoms with Crippen molar-refractivity contribution in [2.24, 2.45) is 5.73 Å². The third-order valence-electron chi connectivity index (χ3n) is 3.89. The Bertz CT molecular complexity index is 997. The number of anilines is 2. The summed E-state index contributed by atoms with van der Waals surface area (Å²) in [7, 11) is 0. The van der Waals surface area contributed by atoms with Gasteiger partial charge in [0, 0.05) is 17.8 Å². The lowest BCUT2D eigenvalue weighted by Crippen LogP contribution is -2.37. The van der Waals surface area contributed by atoms with Crippen LogP contribution in [0, 0.1) is 5.82 Å². The number of benzene rings is 1. The van der Waals surface area contributed by atoms with E-state index < -0.39 is 29.5 Å². The molecule has 9 nitrogen and oxygen atoms in total. The normalized spacial score (nSPS) is 12.1. The second-order valence-corrected chi connectivity index (χ2v) is 8.35. The lowest BCUT2D eigenvalue weighted by atomic mass is 10.2. The predicted molar refractivity (Wildman–Crippen MR) is 119 cm³/mol. The van der Waals surface area contributed by atoms with Crippen LogP contribution in [0.1, 0.15) is 50.8 Å². The molecule has 2 rings (SSSR count). The summed E-state index contributed by atoms with van der Waals surface area (Å²) in [5.41, 5.74) is 5.31. The van der Waals surface area contributed by atoms with Gasteiger partial charge in [-0.2, -0.15) is 0 Å². The molecule has 1 aromatic carbocycles. The van der Waals surface area contributed by atoms with E-state index in [-0.39, 0.29) is 34.6 Å². The van der Waals surface area contributed by atoms with Crippen molar-refractivity contribution in [3.8, 4) is 5.75 Å². The molecule has 0 saturated heterocycles. The van der Waals surface area contributed by atoms with Crippen molar-refractivity contribution in [3.05, 3.63) is 40.6 Å². The minimum absolute atomic E-state index is 0.00380. The van der Waals surface area contributed by atoms with Crippen LogP contribution in [0.3, 0.4) is 0 Å². The van der Waals surface area contributed by atoms with E-state index in [0.29, 0.717) is 12.1 Å². The zero-order chi connectivity index (χ0) is 24.1. The molecule has 0 aliphatic rings. The smallest absolute Gasteiger partial charge is 0.407 e. The van der Waals surface area contributed by atoms with E-state index in [9.17, 15) is 14.0 Å². The number of nitrogens with one attached hydrogen (secondary N) is 2. The van der Waals surface area contributed by atoms with E-state index in [1.165, 1.54) is 18.2 Å². The quantitative estimate of drug-likeness (QED) is 0.535. The first-order valence-corrected chi connectivity index (χ1v) is 10.3. The summed E-state index contributed by atoms with van der Waals surface area (Å²) in [6.45, 7) is 8.91. The van der Waals surface area contributed by atoms with Crippen molar-refractivity contribution in [1.29, 1.82) is 0 Å². The van der Waals surface area contributed by atoms with Gasteiger partial charge in [0.05, 0.1) is 12.2 Å². The molecule has 0 bridgehead atoms. The van der Waals surface area contributed by atoms with Crippen molar-refractivity contribution in [3.63, 3.8) is 0 Å². The molecule has 0 aliphatic heterocycles. The Morgan fingerprint density at radius 1 is 1.25 bits per heavy atom. The maximum Gasteiger partial charge on any atom is 0.407 e. The standard InChI is InChI=1S/C21H27ClFN5O4/c1-6-15-17(22)28-19(16(27-15)18(24)29)26-13-7-12(23)8-14(9-13)31-11(2)10-25-20(30)32-21(3,4)5/h7-9,11H,6,10H2,1-5H3,(H2,24,29)(H,25,30)(H,26,28)/t11-/m1/s1. The number of hydrogen-bond acceptors (Lipinski definition) is 7. The van der Waals surface area contributed by atoms with Crippen LogP contribution in [0.2, 0.25) is 5.15 Å². The number of nitrogens with two attached hydrogens (primary N) is 1. The van der Waals surface area contributed by atoms with Crippen molar-refractivity contribution >= 4 is 35.1 Å². The SMILES string of the molecule is CCc1nc(C(N)=O)c(Nc2cc(F)cc(O[C@H](C)CNC(=O)OC(C)(C)C)c2)nc1Cl. The van der Waals surface area contributed by atoms with Crippen LogP contribution < -0.4 is 21.1 Å². The van der Waals surface area contributed by atoms with Crippen molar-refractivity contribution in [1.82, 2.24) is 15.3 Å². The number of hydrogen-bond donors (Lipinski definition) is 3. The minimum atomic E-state index is -0.805. The topological polar surface area (TPSA) is 128 Å². The number of halogens is 2. The molecule has 2 aromatic rings. The lowest BCUT2D eigenvalue weighted by Gasteiger charge is -2.21. The molecule has 0 saturated carbocycles. The molecule has 2 amide bonds. The fourth-order valence-corrected chi connectivity index (χ4v) is 2.85. The van der Waals surface area contributed by atoms with Crippen LogP contribution in [-0.4, -0.2) is 40.2 Å². The molecule has 1 atom stereocenters. The van der Waals surface area contributed by atoms with Crippen LogP contribution >= 0.6 is 11.6 Å². The Labute approximate surface area is 190 Å². The maximum absolute atomic E-state index is 14.2. The fourth-order valence-electron chi connectivity index (χ4n) is 2.59. The number of primary amides is 1. The molecule has 11 heteroatoms. The Morgan fingerprint density at radius 3 is 2.53 bits per heavy atom. The number of rotatable bonds is 8. The summed E-state index contributed by atoms with van der Waals surface area (Å²) in [5, 5.41) is 5.50. The third-order valence-corrected chi connectivity index (χ3v) is 4.19. The molecule has 1 aromatic heterocycles. The summed E-state index contributed by atoms with van der Waals surface area (Å²) >= 11 is 6.09. The Hall–Kier alpha value is -3.14. The highest BCUT2D eigenvalue weighted by Gasteiger charge is 2.18. The summed E-state index contributed by atoms with van der Waals surface area (Å²) in [4.78, 5) is 31.8. The molecule has 1 heterocycles. The molecule has 174 valence electrons. The molecule has 0 unspecified atom stereocenters. The number of amides is 2. The highest BCUT2D eigenvalue weighted by molar-refractivity contribution is 6.30. The third kappa shape index (κ3) is 7.52. The van der Waals surface area contributed by atoms with E-state index in [4.69, 9.17) is 26.8 Å². The molecule has 0 fully saturated rings. The van der Waals surface area contributed by atoms with E-state index in [2.05, 4.69) is 20.6 Å². The van der Waals surface area contributed by atoms with Gasteiger partial charge in [0.25, 0.3) is 5.91 Å². The number of ether oxygens (including phenoxy) is 2. The van der Waals surface area contributed by atoms with Crippen LogP contribution in [0.25, 0.3) is 0 Å². The summed E-state index contributed by atoms with van der Waals surface area (Å²) in [6, 6.07) is 3.87. The molecule has 0 spiro atoms. The van der Waals surface area contributed by atoms with Crippen molar-refractivity contribution in [2.45, 2.75) is 52.7 Å². The highest BCUT2D eigenvalue weighted by atomic mass is 35.5. The second kappa shape index (κ2) is 10.4. The first kappa shape index (κ1) is 25.1. The van der Waals surface area contributed by atoms with Crippen LogP contribution in [0.5, 0.6) is 5.75 Å².